The summed E-state index contributed by atoms with van der Waals surface area (Å²) in [5, 5.41) is 8.73. The van der Waals surface area contributed by atoms with Crippen molar-refractivity contribution in [2.75, 3.05) is 44.1 Å². The van der Waals surface area contributed by atoms with Crippen LogP contribution in [-0.2, 0) is 16.1 Å². The summed E-state index contributed by atoms with van der Waals surface area (Å²) in [4.78, 5) is 41.8. The maximum atomic E-state index is 14.5. The minimum absolute atomic E-state index is 0.0733. The first kappa shape index (κ1) is 31.6. The van der Waals surface area contributed by atoms with Crippen molar-refractivity contribution < 1.29 is 18.7 Å². The lowest BCUT2D eigenvalue weighted by Crippen LogP contribution is -2.47. The topological polar surface area (TPSA) is 141 Å². The largest absolute Gasteiger partial charge is 0.494 e. The van der Waals surface area contributed by atoms with Crippen molar-refractivity contribution in [2.24, 2.45) is 0 Å². The Hall–Kier alpha value is -5.70. The monoisotopic (exact) mass is 677 g/mol. The fourth-order valence-electron chi connectivity index (χ4n) is 7.22. The van der Waals surface area contributed by atoms with E-state index in [0.29, 0.717) is 66.9 Å². The van der Waals surface area contributed by atoms with Gasteiger partial charge in [-0.25, -0.2) is 34.0 Å². The number of aryl methyl sites for hydroxylation is 1. The van der Waals surface area contributed by atoms with Gasteiger partial charge in [-0.05, 0) is 44.5 Å². The number of anilines is 2. The van der Waals surface area contributed by atoms with Gasteiger partial charge in [0.15, 0.2) is 5.65 Å². The van der Waals surface area contributed by atoms with Crippen molar-refractivity contribution in [3.8, 4) is 22.7 Å². The predicted molar refractivity (Wildman–Crippen MR) is 185 cm³/mol. The lowest BCUT2D eigenvalue weighted by Gasteiger charge is -2.31. The van der Waals surface area contributed by atoms with Crippen LogP contribution in [0.5, 0.6) is 5.75 Å². The first-order valence-electron chi connectivity index (χ1n) is 16.5. The van der Waals surface area contributed by atoms with Gasteiger partial charge in [-0.3, -0.25) is 4.79 Å². The van der Waals surface area contributed by atoms with Crippen LogP contribution in [0, 0.1) is 12.7 Å². The van der Waals surface area contributed by atoms with Crippen molar-refractivity contribution in [1.82, 2.24) is 44.2 Å². The van der Waals surface area contributed by atoms with Crippen molar-refractivity contribution >= 4 is 39.7 Å². The van der Waals surface area contributed by atoms with Crippen LogP contribution >= 0.6 is 0 Å². The number of aromatic nitrogens is 8. The molecule has 256 valence electrons. The van der Waals surface area contributed by atoms with Crippen molar-refractivity contribution in [2.45, 2.75) is 45.0 Å². The van der Waals surface area contributed by atoms with Gasteiger partial charge >= 0.3 is 0 Å². The normalized spacial score (nSPS) is 19.5. The fraction of sp³-hybridized carbons (Fsp3) is 0.343. The van der Waals surface area contributed by atoms with E-state index in [9.17, 15) is 9.18 Å². The molecule has 8 rings (SSSR count). The molecular formula is C35H36FN11O3. The Bertz CT molecular complexity index is 2240. The van der Waals surface area contributed by atoms with E-state index in [1.807, 2.05) is 50.1 Å². The number of likely N-dealkylation sites (N-methyl/N-ethyl adjacent to an activating group) is 1. The zero-order chi connectivity index (χ0) is 34.5. The molecule has 15 heteroatoms. The number of nitrogens with zero attached hydrogens (tertiary/aromatic N) is 10. The van der Waals surface area contributed by atoms with Crippen molar-refractivity contribution in [3.05, 3.63) is 72.8 Å². The summed E-state index contributed by atoms with van der Waals surface area (Å²) in [6.45, 7) is 5.73. The van der Waals surface area contributed by atoms with Gasteiger partial charge in [0, 0.05) is 50.6 Å². The zero-order valence-corrected chi connectivity index (χ0v) is 28.1. The van der Waals surface area contributed by atoms with Gasteiger partial charge in [0.1, 0.15) is 41.3 Å². The third-order valence-electron chi connectivity index (χ3n) is 9.44. The van der Waals surface area contributed by atoms with Gasteiger partial charge in [0.2, 0.25) is 11.9 Å². The molecular weight excluding hydrogens is 641 g/mol. The Morgan fingerprint density at radius 2 is 1.94 bits per heavy atom. The SMILES string of the molecule is CCOC1CN(C)C(=O)[C@@H]2C[C@@H](CN2c2ncnc3c2cnn3-c2ccc(F)cc2OC)Nc2nccc(n2)-c2cccc3nc(C)n(c23)C1. The molecule has 0 aliphatic carbocycles. The minimum Gasteiger partial charge on any atom is -0.494 e. The number of hydrogen-bond donors (Lipinski definition) is 1. The van der Waals surface area contributed by atoms with Gasteiger partial charge in [0.25, 0.3) is 0 Å². The molecule has 6 aromatic rings. The Morgan fingerprint density at radius 1 is 1.06 bits per heavy atom. The van der Waals surface area contributed by atoms with E-state index >= 15 is 0 Å². The van der Waals surface area contributed by atoms with E-state index < -0.39 is 11.9 Å². The number of fused-ring (bicyclic) bond motifs is 6. The molecule has 4 aromatic heterocycles. The number of halogens is 1. The summed E-state index contributed by atoms with van der Waals surface area (Å²) < 4.78 is 29.5. The van der Waals surface area contributed by atoms with E-state index in [2.05, 4.69) is 29.9 Å². The molecule has 3 atom stereocenters. The van der Waals surface area contributed by atoms with E-state index in [1.165, 1.54) is 25.6 Å². The fourth-order valence-corrected chi connectivity index (χ4v) is 7.22. The van der Waals surface area contributed by atoms with Crippen LogP contribution < -0.4 is 15.0 Å². The zero-order valence-electron chi connectivity index (χ0n) is 28.1. The third kappa shape index (κ3) is 5.43. The average molecular weight is 678 g/mol. The number of benzene rings is 2. The van der Waals surface area contributed by atoms with Gasteiger partial charge in [0.05, 0.1) is 48.1 Å². The number of hydrogen-bond acceptors (Lipinski definition) is 11. The lowest BCUT2D eigenvalue weighted by molar-refractivity contribution is -0.133. The highest BCUT2D eigenvalue weighted by molar-refractivity contribution is 5.93. The van der Waals surface area contributed by atoms with Crippen LogP contribution in [0.2, 0.25) is 0 Å². The Labute approximate surface area is 286 Å². The van der Waals surface area contributed by atoms with Crippen LogP contribution in [0.1, 0.15) is 19.2 Å². The van der Waals surface area contributed by atoms with Crippen LogP contribution in [0.3, 0.4) is 0 Å². The Balaban J connectivity index is 1.22. The molecule has 6 heterocycles. The lowest BCUT2D eigenvalue weighted by atomic mass is 10.1. The van der Waals surface area contributed by atoms with Crippen LogP contribution in [0.4, 0.5) is 16.2 Å². The standard InChI is InChI=1S/C35H36FN11O3/c1-5-50-23-17-44(3)34(48)29-14-22(42-35-37-12-11-26(43-35)24-7-6-8-27-31(24)45(18-23)20(2)41-27)16-46(29)32-25-15-40-47(33(25)39-19-38-32)28-10-9-21(36)13-30(28)49-4/h6-13,15,19,22-23,29H,5,14,16-18H2,1-4H3,(H,37,42,43)/t22-,23?,29-/m0/s1. The molecule has 14 nitrogen and oxygen atoms in total. The molecule has 0 saturated carbocycles. The average Bonchev–Trinajstić information content (AvgIpc) is 3.83. The quantitative estimate of drug-likeness (QED) is 0.283. The molecule has 2 aliphatic heterocycles. The van der Waals surface area contributed by atoms with Crippen molar-refractivity contribution in [3.63, 3.8) is 0 Å². The second-order valence-corrected chi connectivity index (χ2v) is 12.6. The molecule has 2 aliphatic rings. The van der Waals surface area contributed by atoms with Gasteiger partial charge in [-0.2, -0.15) is 5.10 Å². The van der Waals surface area contributed by atoms with Gasteiger partial charge in [-0.1, -0.05) is 12.1 Å². The van der Waals surface area contributed by atoms with Crippen LogP contribution in [0.25, 0.3) is 39.0 Å². The smallest absolute Gasteiger partial charge is 0.245 e. The number of carbonyl (C=O) groups excluding carboxylic acids is 1. The predicted octanol–water partition coefficient (Wildman–Crippen LogP) is 4.01. The molecule has 0 radical (unpaired) electrons. The number of rotatable bonds is 5. The maximum Gasteiger partial charge on any atom is 0.245 e. The molecule has 1 saturated heterocycles. The highest BCUT2D eigenvalue weighted by Gasteiger charge is 2.41. The number of nitrogens with one attached hydrogen (secondary N) is 1. The third-order valence-corrected chi connectivity index (χ3v) is 9.44. The van der Waals surface area contributed by atoms with E-state index in [1.54, 1.807) is 28.0 Å². The van der Waals surface area contributed by atoms with Gasteiger partial charge < -0.3 is 29.2 Å². The molecule has 2 aromatic carbocycles. The number of methoxy groups -OCH3 is 1. The summed E-state index contributed by atoms with van der Waals surface area (Å²) in [5.74, 6) is 1.67. The summed E-state index contributed by atoms with van der Waals surface area (Å²) in [6.07, 6.45) is 5.03. The highest BCUT2D eigenvalue weighted by atomic mass is 19.1. The van der Waals surface area contributed by atoms with Gasteiger partial charge in [-0.15, -0.1) is 0 Å². The molecule has 50 heavy (non-hydrogen) atoms. The number of imidazole rings is 1. The maximum absolute atomic E-state index is 14.5. The van der Waals surface area contributed by atoms with E-state index in [0.717, 1.165) is 28.1 Å². The number of ether oxygens (including phenoxy) is 2. The number of amides is 1. The van der Waals surface area contributed by atoms with E-state index in [4.69, 9.17) is 19.4 Å². The van der Waals surface area contributed by atoms with Crippen molar-refractivity contribution in [1.29, 1.82) is 0 Å². The number of carbonyl (C=O) groups is 1. The molecule has 1 amide bonds. The van der Waals surface area contributed by atoms with Crippen LogP contribution in [0.15, 0.2) is 61.2 Å². The summed E-state index contributed by atoms with van der Waals surface area (Å²) >= 11 is 0. The summed E-state index contributed by atoms with van der Waals surface area (Å²) in [7, 11) is 3.29. The Morgan fingerprint density at radius 3 is 2.78 bits per heavy atom. The summed E-state index contributed by atoms with van der Waals surface area (Å²) in [6, 6.07) is 11.4. The van der Waals surface area contributed by atoms with E-state index in [-0.39, 0.29) is 18.1 Å². The highest BCUT2D eigenvalue weighted by Crippen LogP contribution is 2.35. The Kier molecular flexibility index (Phi) is 7.98. The molecule has 4 bridgehead atoms. The molecule has 1 N–H and O–H groups in total. The molecule has 1 unspecified atom stereocenters. The summed E-state index contributed by atoms with van der Waals surface area (Å²) in [5.41, 5.74) is 4.54. The minimum atomic E-state index is -0.575. The second-order valence-electron chi connectivity index (χ2n) is 12.6. The number of para-hydroxylation sites is 1. The first-order chi connectivity index (χ1) is 24.3. The molecule has 0 spiro atoms. The van der Waals surface area contributed by atoms with Crippen LogP contribution in [-0.4, -0.2) is 102 Å². The molecule has 1 fully saturated rings. The first-order valence-corrected chi connectivity index (χ1v) is 16.5. The second kappa shape index (κ2) is 12.6.